The molecule has 2 aromatic rings. The van der Waals surface area contributed by atoms with Crippen molar-refractivity contribution < 1.29 is 33.0 Å². The molecule has 2 aromatic carbocycles. The molecule has 3 heterocycles. The quantitative estimate of drug-likeness (QED) is 0.550. The van der Waals surface area contributed by atoms with Gasteiger partial charge in [0.2, 0.25) is 15.7 Å². The van der Waals surface area contributed by atoms with E-state index in [1.807, 2.05) is 0 Å². The Bertz CT molecular complexity index is 1390. The SMILES string of the molecule is CC(O)C1C(=O)N2C(C(=O)O)=C3C(Oc4cccc5c4-c4ccccc4S5(=O)=O)CCCC3C12. The van der Waals surface area contributed by atoms with Crippen molar-refractivity contribution in [2.24, 2.45) is 11.8 Å². The number of amides is 1. The number of nitrogens with zero attached hydrogens (tertiary/aromatic N) is 1. The van der Waals surface area contributed by atoms with E-state index in [9.17, 15) is 28.2 Å². The minimum atomic E-state index is -3.67. The Morgan fingerprint density at radius 1 is 1.12 bits per heavy atom. The van der Waals surface area contributed by atoms with Crippen molar-refractivity contribution in [2.45, 2.75) is 54.2 Å². The Morgan fingerprint density at radius 2 is 1.85 bits per heavy atom. The summed E-state index contributed by atoms with van der Waals surface area (Å²) in [6.07, 6.45) is 0.534. The number of aliphatic hydroxyl groups excluding tert-OH is 1. The number of aliphatic hydroxyl groups is 1. The maximum absolute atomic E-state index is 13.1. The van der Waals surface area contributed by atoms with Crippen molar-refractivity contribution in [1.29, 1.82) is 0 Å². The second kappa shape index (κ2) is 7.16. The standard InChI is InChI=1S/C25H23NO7S/c1-12(27)19-22-14-7-4-8-16(21(14)23(25(29)30)26(22)24(19)28)33-15-9-5-11-18-20(15)13-6-2-3-10-17(13)34(18,31)32/h2-3,5-6,9-12,14,16,19,22,27H,4,7-8H2,1H3,(H,29,30). The number of carboxylic acids is 1. The van der Waals surface area contributed by atoms with E-state index < -0.39 is 33.9 Å². The predicted molar refractivity (Wildman–Crippen MR) is 120 cm³/mol. The molecule has 9 heteroatoms. The average Bonchev–Trinajstić information content (AvgIpc) is 3.22. The third-order valence-electron chi connectivity index (χ3n) is 7.56. The van der Waals surface area contributed by atoms with E-state index in [4.69, 9.17) is 4.74 Å². The summed E-state index contributed by atoms with van der Waals surface area (Å²) in [6, 6.07) is 11.2. The highest BCUT2D eigenvalue weighted by atomic mass is 32.2. The number of carbonyl (C=O) groups excluding carboxylic acids is 1. The van der Waals surface area contributed by atoms with Crippen molar-refractivity contribution in [3.05, 3.63) is 53.7 Å². The topological polar surface area (TPSA) is 121 Å². The van der Waals surface area contributed by atoms with Gasteiger partial charge in [-0.3, -0.25) is 4.79 Å². The monoisotopic (exact) mass is 481 g/mol. The largest absolute Gasteiger partial charge is 0.485 e. The number of rotatable bonds is 4. The smallest absolute Gasteiger partial charge is 0.352 e. The fourth-order valence-electron chi connectivity index (χ4n) is 6.23. The van der Waals surface area contributed by atoms with Crippen LogP contribution in [0.4, 0.5) is 0 Å². The maximum atomic E-state index is 13.1. The number of aliphatic carboxylic acids is 1. The summed E-state index contributed by atoms with van der Waals surface area (Å²) in [5, 5.41) is 20.2. The molecule has 6 rings (SSSR count). The van der Waals surface area contributed by atoms with Crippen LogP contribution in [0.15, 0.2) is 63.5 Å². The van der Waals surface area contributed by atoms with Crippen molar-refractivity contribution in [2.75, 3.05) is 0 Å². The lowest BCUT2D eigenvalue weighted by atomic mass is 9.71. The number of β-lactam (4-membered cyclic amide) rings is 1. The van der Waals surface area contributed by atoms with E-state index in [-0.39, 0.29) is 33.4 Å². The number of fused-ring (bicyclic) bond motifs is 6. The molecule has 1 saturated carbocycles. The summed E-state index contributed by atoms with van der Waals surface area (Å²) >= 11 is 0. The van der Waals surface area contributed by atoms with Gasteiger partial charge in [-0.2, -0.15) is 0 Å². The molecule has 0 aromatic heterocycles. The molecular weight excluding hydrogens is 458 g/mol. The molecule has 34 heavy (non-hydrogen) atoms. The van der Waals surface area contributed by atoms with Gasteiger partial charge in [0.15, 0.2) is 0 Å². The molecule has 0 spiro atoms. The number of sulfone groups is 1. The Balaban J connectivity index is 1.45. The third-order valence-corrected chi connectivity index (χ3v) is 9.41. The number of carbonyl (C=O) groups is 2. The number of hydrogen-bond acceptors (Lipinski definition) is 6. The van der Waals surface area contributed by atoms with E-state index in [0.29, 0.717) is 35.3 Å². The molecule has 3 aliphatic heterocycles. The van der Waals surface area contributed by atoms with E-state index in [1.165, 1.54) is 4.90 Å². The van der Waals surface area contributed by atoms with E-state index in [0.717, 1.165) is 6.42 Å². The Kier molecular flexibility index (Phi) is 4.50. The minimum absolute atomic E-state index is 0.0535. The van der Waals surface area contributed by atoms with E-state index >= 15 is 0 Å². The van der Waals surface area contributed by atoms with Crippen LogP contribution in [0.25, 0.3) is 11.1 Å². The van der Waals surface area contributed by atoms with Crippen LogP contribution in [0.5, 0.6) is 5.75 Å². The Hall–Kier alpha value is -3.17. The second-order valence-electron chi connectivity index (χ2n) is 9.35. The van der Waals surface area contributed by atoms with Crippen LogP contribution in [-0.4, -0.2) is 53.7 Å². The molecular formula is C25H23NO7S. The summed E-state index contributed by atoms with van der Waals surface area (Å²) in [4.78, 5) is 26.7. The van der Waals surface area contributed by atoms with Gasteiger partial charge in [-0.1, -0.05) is 24.3 Å². The van der Waals surface area contributed by atoms with Crippen LogP contribution in [-0.2, 0) is 19.4 Å². The molecule has 4 aliphatic rings. The minimum Gasteiger partial charge on any atom is -0.485 e. The van der Waals surface area contributed by atoms with Crippen LogP contribution in [0, 0.1) is 11.8 Å². The van der Waals surface area contributed by atoms with Gasteiger partial charge in [0.25, 0.3) is 0 Å². The molecule has 1 saturated heterocycles. The molecule has 5 atom stereocenters. The number of benzene rings is 2. The van der Waals surface area contributed by atoms with Crippen molar-refractivity contribution in [3.63, 3.8) is 0 Å². The van der Waals surface area contributed by atoms with Gasteiger partial charge < -0.3 is 19.8 Å². The molecule has 2 N–H and O–H groups in total. The summed E-state index contributed by atoms with van der Waals surface area (Å²) < 4.78 is 32.5. The molecule has 1 amide bonds. The van der Waals surface area contributed by atoms with Crippen LogP contribution in [0.1, 0.15) is 26.2 Å². The number of ether oxygens (including phenoxy) is 1. The number of carboxylic acid groups (broad SMARTS) is 1. The Morgan fingerprint density at radius 3 is 2.59 bits per heavy atom. The Labute approximate surface area is 196 Å². The first kappa shape index (κ1) is 21.4. The van der Waals surface area contributed by atoms with Gasteiger partial charge in [0.1, 0.15) is 17.6 Å². The lowest BCUT2D eigenvalue weighted by Gasteiger charge is -2.47. The maximum Gasteiger partial charge on any atom is 0.352 e. The lowest BCUT2D eigenvalue weighted by molar-refractivity contribution is -0.163. The van der Waals surface area contributed by atoms with Gasteiger partial charge in [-0.25, -0.2) is 13.2 Å². The van der Waals surface area contributed by atoms with Crippen molar-refractivity contribution in [1.82, 2.24) is 4.90 Å². The van der Waals surface area contributed by atoms with Gasteiger partial charge in [-0.05, 0) is 44.4 Å². The number of hydrogen-bond donors (Lipinski definition) is 2. The van der Waals surface area contributed by atoms with Gasteiger partial charge in [0.05, 0.1) is 27.9 Å². The first-order chi connectivity index (χ1) is 16.2. The summed E-state index contributed by atoms with van der Waals surface area (Å²) in [6.45, 7) is 1.56. The zero-order valence-corrected chi connectivity index (χ0v) is 19.2. The highest BCUT2D eigenvalue weighted by Crippen LogP contribution is 2.54. The van der Waals surface area contributed by atoms with Crippen LogP contribution in [0.2, 0.25) is 0 Å². The van der Waals surface area contributed by atoms with Gasteiger partial charge in [0, 0.05) is 22.6 Å². The van der Waals surface area contributed by atoms with Gasteiger partial charge >= 0.3 is 5.97 Å². The zero-order valence-electron chi connectivity index (χ0n) is 18.3. The summed E-state index contributed by atoms with van der Waals surface area (Å²) in [5.41, 5.74) is 1.55. The molecule has 8 nitrogen and oxygen atoms in total. The van der Waals surface area contributed by atoms with Crippen LogP contribution < -0.4 is 4.74 Å². The van der Waals surface area contributed by atoms with Gasteiger partial charge in [-0.15, -0.1) is 0 Å². The predicted octanol–water partition coefficient (Wildman–Crippen LogP) is 2.61. The molecule has 2 fully saturated rings. The average molecular weight is 482 g/mol. The van der Waals surface area contributed by atoms with E-state index in [1.54, 1.807) is 49.4 Å². The summed E-state index contributed by atoms with van der Waals surface area (Å²) in [7, 11) is -3.67. The first-order valence-corrected chi connectivity index (χ1v) is 12.8. The molecule has 0 bridgehead atoms. The molecule has 176 valence electrons. The summed E-state index contributed by atoms with van der Waals surface area (Å²) in [5.74, 6) is -2.04. The highest BCUT2D eigenvalue weighted by molar-refractivity contribution is 7.92. The molecule has 1 aliphatic carbocycles. The molecule has 5 unspecified atom stereocenters. The highest BCUT2D eigenvalue weighted by Gasteiger charge is 2.62. The zero-order chi connectivity index (χ0) is 23.9. The lowest BCUT2D eigenvalue weighted by Crippen LogP contribution is -2.64. The fraction of sp³-hybridized carbons (Fsp3) is 0.360. The molecule has 0 radical (unpaired) electrons. The van der Waals surface area contributed by atoms with Crippen molar-refractivity contribution in [3.8, 4) is 16.9 Å². The normalized spacial score (nSPS) is 29.0. The van der Waals surface area contributed by atoms with Crippen LogP contribution >= 0.6 is 0 Å². The fourth-order valence-corrected chi connectivity index (χ4v) is 7.93. The second-order valence-corrected chi connectivity index (χ2v) is 11.2. The first-order valence-electron chi connectivity index (χ1n) is 11.4. The van der Waals surface area contributed by atoms with Crippen LogP contribution in [0.3, 0.4) is 0 Å². The van der Waals surface area contributed by atoms with Crippen molar-refractivity contribution >= 4 is 21.7 Å². The van der Waals surface area contributed by atoms with E-state index in [2.05, 4.69) is 0 Å². The third kappa shape index (κ3) is 2.65.